The van der Waals surface area contributed by atoms with Crippen LogP contribution >= 0.6 is 0 Å². The fourth-order valence-electron chi connectivity index (χ4n) is 2.96. The number of piperazine rings is 1. The molecular weight excluding hydrogens is 437 g/mol. The molecule has 0 spiro atoms. The van der Waals surface area contributed by atoms with Crippen molar-refractivity contribution in [1.29, 1.82) is 0 Å². The number of hydrogen-bond donors (Lipinski definition) is 2. The fraction of sp³-hybridized carbons (Fsp3) is 0.579. The maximum Gasteiger partial charge on any atom is 0.405 e. The Hall–Kier alpha value is -2.18. The minimum atomic E-state index is -4.53. The van der Waals surface area contributed by atoms with Gasteiger partial charge in [-0.2, -0.15) is 17.5 Å². The summed E-state index contributed by atoms with van der Waals surface area (Å²) < 4.78 is 63.5. The summed E-state index contributed by atoms with van der Waals surface area (Å²) >= 11 is 0. The number of nitrogens with one attached hydrogen (secondary N) is 2. The van der Waals surface area contributed by atoms with Crippen molar-refractivity contribution < 1.29 is 31.2 Å². The lowest BCUT2D eigenvalue weighted by molar-refractivity contribution is -0.123. The summed E-state index contributed by atoms with van der Waals surface area (Å²) in [5.41, 5.74) is -0.0691. The first-order valence-electron chi connectivity index (χ1n) is 9.89. The van der Waals surface area contributed by atoms with Crippen LogP contribution in [0.5, 0.6) is 0 Å². The minimum absolute atomic E-state index is 0.0529. The topological polar surface area (TPSA) is 98.8 Å². The third-order valence-corrected chi connectivity index (χ3v) is 6.83. The van der Waals surface area contributed by atoms with E-state index >= 15 is 0 Å². The Bertz CT molecular complexity index is 867. The zero-order valence-electron chi connectivity index (χ0n) is 17.4. The highest BCUT2D eigenvalue weighted by Crippen LogP contribution is 2.19. The van der Waals surface area contributed by atoms with Crippen molar-refractivity contribution in [1.82, 2.24) is 19.8 Å². The van der Waals surface area contributed by atoms with Crippen molar-refractivity contribution in [3.05, 3.63) is 29.8 Å². The summed E-state index contributed by atoms with van der Waals surface area (Å²) in [4.78, 5) is 25.6. The molecule has 1 fully saturated rings. The molecule has 2 amide bonds. The predicted molar refractivity (Wildman–Crippen MR) is 108 cm³/mol. The SMILES string of the molecule is CCC(C)NC(=O)CN1CCN(S(=O)(=O)c2ccc(C(=O)NCC(F)(F)F)cc2)CC1. The first-order chi connectivity index (χ1) is 14.4. The Morgan fingerprint density at radius 1 is 1.10 bits per heavy atom. The number of nitrogens with zero attached hydrogens (tertiary/aromatic N) is 2. The molecule has 1 aromatic rings. The van der Waals surface area contributed by atoms with E-state index in [0.29, 0.717) is 13.1 Å². The summed E-state index contributed by atoms with van der Waals surface area (Å²) in [5.74, 6) is -1.05. The monoisotopic (exact) mass is 464 g/mol. The number of benzene rings is 1. The highest BCUT2D eigenvalue weighted by Gasteiger charge is 2.30. The quantitative estimate of drug-likeness (QED) is 0.603. The van der Waals surface area contributed by atoms with E-state index < -0.39 is 28.7 Å². The summed E-state index contributed by atoms with van der Waals surface area (Å²) in [6.45, 7) is 3.80. The number of carbonyl (C=O) groups excluding carboxylic acids is 2. The van der Waals surface area contributed by atoms with Crippen molar-refractivity contribution in [2.45, 2.75) is 37.4 Å². The molecule has 2 N–H and O–H groups in total. The number of rotatable bonds is 8. The Labute approximate surface area is 179 Å². The number of carbonyl (C=O) groups is 2. The molecule has 31 heavy (non-hydrogen) atoms. The van der Waals surface area contributed by atoms with Crippen molar-refractivity contribution in [2.75, 3.05) is 39.3 Å². The molecule has 1 unspecified atom stereocenters. The van der Waals surface area contributed by atoms with Gasteiger partial charge in [0.15, 0.2) is 0 Å². The standard InChI is InChI=1S/C19H27F3N4O4S/c1-3-14(2)24-17(27)12-25-8-10-26(11-9-25)31(29,30)16-6-4-15(5-7-16)18(28)23-13-19(20,21)22/h4-7,14H,3,8-13H2,1-2H3,(H,23,28)(H,24,27). The molecule has 1 saturated heterocycles. The van der Waals surface area contributed by atoms with Crippen LogP contribution in [-0.4, -0.2) is 80.9 Å². The first kappa shape index (κ1) is 25.1. The van der Waals surface area contributed by atoms with Crippen LogP contribution in [0.4, 0.5) is 13.2 Å². The number of alkyl halides is 3. The molecule has 0 aliphatic carbocycles. The van der Waals surface area contributed by atoms with E-state index in [2.05, 4.69) is 5.32 Å². The molecule has 1 aliphatic rings. The van der Waals surface area contributed by atoms with Gasteiger partial charge in [0.25, 0.3) is 5.91 Å². The normalized spacial score (nSPS) is 17.2. The van der Waals surface area contributed by atoms with Gasteiger partial charge in [-0.1, -0.05) is 6.92 Å². The van der Waals surface area contributed by atoms with Gasteiger partial charge in [0.1, 0.15) is 6.54 Å². The third-order valence-electron chi connectivity index (χ3n) is 4.92. The van der Waals surface area contributed by atoms with Gasteiger partial charge >= 0.3 is 6.18 Å². The van der Waals surface area contributed by atoms with Gasteiger partial charge in [-0.25, -0.2) is 8.42 Å². The highest BCUT2D eigenvalue weighted by molar-refractivity contribution is 7.89. The Morgan fingerprint density at radius 2 is 1.68 bits per heavy atom. The largest absolute Gasteiger partial charge is 0.405 e. The Balaban J connectivity index is 1.92. The van der Waals surface area contributed by atoms with Crippen LogP contribution in [0, 0.1) is 0 Å². The molecule has 8 nitrogen and oxygen atoms in total. The molecular formula is C19H27F3N4O4S. The van der Waals surface area contributed by atoms with Crippen LogP contribution in [0.25, 0.3) is 0 Å². The summed E-state index contributed by atoms with van der Waals surface area (Å²) in [5, 5.41) is 4.60. The average molecular weight is 465 g/mol. The molecule has 1 aromatic carbocycles. The van der Waals surface area contributed by atoms with Gasteiger partial charge < -0.3 is 10.6 Å². The lowest BCUT2D eigenvalue weighted by Crippen LogP contribution is -2.51. The molecule has 1 heterocycles. The van der Waals surface area contributed by atoms with E-state index in [1.807, 2.05) is 18.7 Å². The van der Waals surface area contributed by atoms with Gasteiger partial charge in [0.05, 0.1) is 11.4 Å². The lowest BCUT2D eigenvalue weighted by atomic mass is 10.2. The van der Waals surface area contributed by atoms with Crippen LogP contribution < -0.4 is 10.6 Å². The summed E-state index contributed by atoms with van der Waals surface area (Å²) in [7, 11) is -3.82. The second kappa shape index (κ2) is 10.4. The van der Waals surface area contributed by atoms with Crippen LogP contribution in [0.1, 0.15) is 30.6 Å². The molecule has 2 rings (SSSR count). The zero-order chi connectivity index (χ0) is 23.2. The molecule has 1 aliphatic heterocycles. The molecule has 0 bridgehead atoms. The van der Waals surface area contributed by atoms with E-state index in [4.69, 9.17) is 0 Å². The maximum absolute atomic E-state index is 12.8. The fourth-order valence-corrected chi connectivity index (χ4v) is 4.39. The molecule has 0 aromatic heterocycles. The number of halogens is 3. The van der Waals surface area contributed by atoms with E-state index in [1.165, 1.54) is 28.6 Å². The second-order valence-corrected chi connectivity index (χ2v) is 9.32. The van der Waals surface area contributed by atoms with Crippen LogP contribution in [-0.2, 0) is 14.8 Å². The first-order valence-corrected chi connectivity index (χ1v) is 11.3. The second-order valence-electron chi connectivity index (χ2n) is 7.38. The van der Waals surface area contributed by atoms with Gasteiger partial charge in [-0.3, -0.25) is 14.5 Å². The summed E-state index contributed by atoms with van der Waals surface area (Å²) in [6, 6.07) is 4.82. The number of amides is 2. The Kier molecular flexibility index (Phi) is 8.43. The molecule has 12 heteroatoms. The van der Waals surface area contributed by atoms with Crippen molar-refractivity contribution >= 4 is 21.8 Å². The van der Waals surface area contributed by atoms with E-state index in [9.17, 15) is 31.2 Å². The number of sulfonamides is 1. The van der Waals surface area contributed by atoms with Crippen molar-refractivity contribution in [3.8, 4) is 0 Å². The van der Waals surface area contributed by atoms with Gasteiger partial charge in [0, 0.05) is 37.8 Å². The molecule has 0 radical (unpaired) electrons. The Morgan fingerprint density at radius 3 is 2.19 bits per heavy atom. The van der Waals surface area contributed by atoms with Gasteiger partial charge in [0.2, 0.25) is 15.9 Å². The highest BCUT2D eigenvalue weighted by atomic mass is 32.2. The molecule has 1 atom stereocenters. The predicted octanol–water partition coefficient (Wildman–Crippen LogP) is 1.20. The van der Waals surface area contributed by atoms with Gasteiger partial charge in [-0.05, 0) is 37.6 Å². The zero-order valence-corrected chi connectivity index (χ0v) is 18.2. The molecule has 0 saturated carbocycles. The van der Waals surface area contributed by atoms with Crippen LogP contribution in [0.15, 0.2) is 29.2 Å². The summed E-state index contributed by atoms with van der Waals surface area (Å²) in [6.07, 6.45) is -3.71. The van der Waals surface area contributed by atoms with Crippen LogP contribution in [0.3, 0.4) is 0 Å². The van der Waals surface area contributed by atoms with E-state index in [-0.39, 0.29) is 42.0 Å². The van der Waals surface area contributed by atoms with Crippen molar-refractivity contribution in [2.24, 2.45) is 0 Å². The van der Waals surface area contributed by atoms with Crippen molar-refractivity contribution in [3.63, 3.8) is 0 Å². The average Bonchev–Trinajstić information content (AvgIpc) is 2.71. The van der Waals surface area contributed by atoms with E-state index in [1.54, 1.807) is 5.32 Å². The number of hydrogen-bond acceptors (Lipinski definition) is 5. The lowest BCUT2D eigenvalue weighted by Gasteiger charge is -2.33. The van der Waals surface area contributed by atoms with Crippen LogP contribution in [0.2, 0.25) is 0 Å². The van der Waals surface area contributed by atoms with E-state index in [0.717, 1.165) is 6.42 Å². The maximum atomic E-state index is 12.8. The molecule has 174 valence electrons. The minimum Gasteiger partial charge on any atom is -0.353 e. The third kappa shape index (κ3) is 7.47. The van der Waals surface area contributed by atoms with Gasteiger partial charge in [-0.15, -0.1) is 0 Å². The smallest absolute Gasteiger partial charge is 0.353 e.